The number of amides is 1. The summed E-state index contributed by atoms with van der Waals surface area (Å²) in [5.74, 6) is 1.95. The number of furan rings is 1. The van der Waals surface area contributed by atoms with Crippen molar-refractivity contribution < 1.29 is 13.9 Å². The third-order valence-electron chi connectivity index (χ3n) is 4.58. The number of piperazine rings is 1. The number of halogens is 1. The molecular weight excluding hydrogens is 483 g/mol. The van der Waals surface area contributed by atoms with Gasteiger partial charge in [0.15, 0.2) is 11.7 Å². The average molecular weight is 510 g/mol. The Labute approximate surface area is 188 Å². The summed E-state index contributed by atoms with van der Waals surface area (Å²) in [7, 11) is 1.77. The van der Waals surface area contributed by atoms with Gasteiger partial charge in [0.1, 0.15) is 12.4 Å². The van der Waals surface area contributed by atoms with Gasteiger partial charge in [-0.3, -0.25) is 9.79 Å². The summed E-state index contributed by atoms with van der Waals surface area (Å²) >= 11 is 0. The van der Waals surface area contributed by atoms with Crippen LogP contribution in [0, 0.1) is 0 Å². The maximum Gasteiger partial charge on any atom is 0.289 e. The van der Waals surface area contributed by atoms with E-state index in [9.17, 15) is 4.79 Å². The molecule has 0 radical (unpaired) electrons. The molecule has 0 bridgehead atoms. The van der Waals surface area contributed by atoms with E-state index in [1.165, 1.54) is 6.26 Å². The van der Waals surface area contributed by atoms with Crippen molar-refractivity contribution in [3.8, 4) is 5.75 Å². The van der Waals surface area contributed by atoms with Crippen LogP contribution in [0.5, 0.6) is 5.75 Å². The van der Waals surface area contributed by atoms with Crippen LogP contribution in [-0.2, 0) is 6.54 Å². The highest BCUT2D eigenvalue weighted by atomic mass is 127. The molecule has 1 aliphatic rings. The van der Waals surface area contributed by atoms with Gasteiger partial charge in [-0.15, -0.1) is 24.0 Å². The van der Waals surface area contributed by atoms with Crippen LogP contribution in [0.1, 0.15) is 16.1 Å². The number of carbonyl (C=O) groups is 1. The molecule has 0 unspecified atom stereocenters. The normalized spacial score (nSPS) is 14.2. The Morgan fingerprint density at radius 2 is 1.93 bits per heavy atom. The van der Waals surface area contributed by atoms with E-state index in [0.717, 1.165) is 17.3 Å². The van der Waals surface area contributed by atoms with Gasteiger partial charge in [-0.25, -0.2) is 0 Å². The van der Waals surface area contributed by atoms with E-state index in [-0.39, 0.29) is 29.9 Å². The zero-order valence-corrected chi connectivity index (χ0v) is 18.9. The lowest BCUT2D eigenvalue weighted by molar-refractivity contribution is 0.0657. The average Bonchev–Trinajstić information content (AvgIpc) is 3.28. The quantitative estimate of drug-likeness (QED) is 0.280. The number of nitrogens with one attached hydrogen (secondary N) is 1. The van der Waals surface area contributed by atoms with Gasteiger partial charge in [-0.05, 0) is 18.2 Å². The molecule has 0 atom stereocenters. The number of aliphatic imine (C=N–C) groups is 1. The van der Waals surface area contributed by atoms with Crippen LogP contribution in [0.15, 0.2) is 64.7 Å². The third kappa shape index (κ3) is 5.99. The zero-order valence-electron chi connectivity index (χ0n) is 16.5. The second-order valence-electron chi connectivity index (χ2n) is 6.36. The summed E-state index contributed by atoms with van der Waals surface area (Å²) in [5, 5.41) is 3.39. The Morgan fingerprint density at radius 1 is 1.21 bits per heavy atom. The molecule has 1 saturated heterocycles. The molecule has 156 valence electrons. The molecule has 1 aromatic carbocycles. The molecule has 8 heteroatoms. The summed E-state index contributed by atoms with van der Waals surface area (Å²) in [5.41, 5.74) is 1.05. The second-order valence-corrected chi connectivity index (χ2v) is 6.36. The molecule has 1 fully saturated rings. The Bertz CT molecular complexity index is 815. The summed E-state index contributed by atoms with van der Waals surface area (Å²) in [6.07, 6.45) is 3.25. The lowest BCUT2D eigenvalue weighted by atomic mass is 10.2. The summed E-state index contributed by atoms with van der Waals surface area (Å²) in [6.45, 7) is 7.43. The minimum atomic E-state index is -0.0686. The van der Waals surface area contributed by atoms with Crippen molar-refractivity contribution in [1.82, 2.24) is 15.1 Å². The number of hydrogen-bond acceptors (Lipinski definition) is 4. The maximum atomic E-state index is 12.4. The summed E-state index contributed by atoms with van der Waals surface area (Å²) < 4.78 is 10.9. The van der Waals surface area contributed by atoms with E-state index in [1.54, 1.807) is 30.2 Å². The number of hydrogen-bond donors (Lipinski definition) is 1. The zero-order chi connectivity index (χ0) is 19.8. The molecule has 0 aliphatic carbocycles. The Balaban J connectivity index is 0.00000300. The number of nitrogens with zero attached hydrogens (tertiary/aromatic N) is 3. The monoisotopic (exact) mass is 510 g/mol. The second kappa shape index (κ2) is 11.5. The minimum Gasteiger partial charge on any atom is -0.489 e. The van der Waals surface area contributed by atoms with Crippen LogP contribution >= 0.6 is 24.0 Å². The molecule has 3 rings (SSSR count). The highest BCUT2D eigenvalue weighted by Crippen LogP contribution is 2.18. The van der Waals surface area contributed by atoms with E-state index in [2.05, 4.69) is 21.8 Å². The first kappa shape index (κ1) is 22.8. The fourth-order valence-corrected chi connectivity index (χ4v) is 3.12. The predicted octanol–water partition coefficient (Wildman–Crippen LogP) is 3.00. The largest absolute Gasteiger partial charge is 0.489 e. The van der Waals surface area contributed by atoms with Crippen LogP contribution in [0.25, 0.3) is 0 Å². The van der Waals surface area contributed by atoms with Crippen LogP contribution in [0.4, 0.5) is 0 Å². The van der Waals surface area contributed by atoms with Gasteiger partial charge < -0.3 is 24.3 Å². The first-order chi connectivity index (χ1) is 13.7. The number of ether oxygens (including phenoxy) is 1. The van der Waals surface area contributed by atoms with Crippen molar-refractivity contribution in [2.45, 2.75) is 6.54 Å². The van der Waals surface area contributed by atoms with Gasteiger partial charge in [0, 0.05) is 45.3 Å². The maximum absolute atomic E-state index is 12.4. The van der Waals surface area contributed by atoms with Crippen molar-refractivity contribution in [3.63, 3.8) is 0 Å². The van der Waals surface area contributed by atoms with Crippen molar-refractivity contribution in [2.75, 3.05) is 39.8 Å². The Hall–Kier alpha value is -2.49. The number of guanidine groups is 1. The van der Waals surface area contributed by atoms with Gasteiger partial charge in [-0.2, -0.15) is 0 Å². The molecule has 2 aromatic rings. The first-order valence-corrected chi connectivity index (χ1v) is 9.33. The Kier molecular flexibility index (Phi) is 9.04. The van der Waals surface area contributed by atoms with Crippen molar-refractivity contribution in [1.29, 1.82) is 0 Å². The lowest BCUT2D eigenvalue weighted by Gasteiger charge is -2.36. The number of rotatable bonds is 6. The first-order valence-electron chi connectivity index (χ1n) is 9.33. The van der Waals surface area contributed by atoms with Crippen LogP contribution in [-0.4, -0.2) is 61.5 Å². The highest BCUT2D eigenvalue weighted by Gasteiger charge is 2.25. The van der Waals surface area contributed by atoms with Gasteiger partial charge >= 0.3 is 0 Å². The summed E-state index contributed by atoms with van der Waals surface area (Å²) in [4.78, 5) is 20.7. The molecule has 7 nitrogen and oxygen atoms in total. The van der Waals surface area contributed by atoms with Crippen molar-refractivity contribution >= 4 is 35.8 Å². The molecule has 0 saturated carbocycles. The highest BCUT2D eigenvalue weighted by molar-refractivity contribution is 14.0. The van der Waals surface area contributed by atoms with Gasteiger partial charge in [0.25, 0.3) is 5.91 Å². The molecule has 2 heterocycles. The standard InChI is InChI=1S/C21H26N4O3.HI/c1-3-14-27-18-8-5-4-7-17(18)16-23-21(22-2)25-12-10-24(11-13-25)20(26)19-9-6-15-28-19;/h3-9,15H,1,10-14,16H2,2H3,(H,22,23);1H. The molecule has 29 heavy (non-hydrogen) atoms. The molecule has 1 aliphatic heterocycles. The fraction of sp³-hybridized carbons (Fsp3) is 0.333. The van der Waals surface area contributed by atoms with E-state index >= 15 is 0 Å². The summed E-state index contributed by atoms with van der Waals surface area (Å²) in [6, 6.07) is 11.3. The van der Waals surface area contributed by atoms with Crippen molar-refractivity contribution in [3.05, 3.63) is 66.6 Å². The smallest absolute Gasteiger partial charge is 0.289 e. The third-order valence-corrected chi connectivity index (χ3v) is 4.58. The topological polar surface area (TPSA) is 70.3 Å². The van der Waals surface area contributed by atoms with E-state index in [1.807, 2.05) is 24.3 Å². The van der Waals surface area contributed by atoms with Gasteiger partial charge in [0.05, 0.1) is 6.26 Å². The van der Waals surface area contributed by atoms with Crippen LogP contribution < -0.4 is 10.1 Å². The van der Waals surface area contributed by atoms with Crippen molar-refractivity contribution in [2.24, 2.45) is 4.99 Å². The number of para-hydroxylation sites is 1. The number of carbonyl (C=O) groups excluding carboxylic acids is 1. The Morgan fingerprint density at radius 3 is 2.59 bits per heavy atom. The van der Waals surface area contributed by atoms with E-state index < -0.39 is 0 Å². The molecule has 1 amide bonds. The SMILES string of the molecule is C=CCOc1ccccc1CNC(=NC)N1CCN(C(=O)c2ccco2)CC1.I. The van der Waals surface area contributed by atoms with E-state index in [0.29, 0.717) is 45.1 Å². The van der Waals surface area contributed by atoms with Gasteiger partial charge in [0.2, 0.25) is 0 Å². The predicted molar refractivity (Wildman–Crippen MR) is 124 cm³/mol. The minimum absolute atomic E-state index is 0. The van der Waals surface area contributed by atoms with Gasteiger partial charge in [-0.1, -0.05) is 30.9 Å². The number of benzene rings is 1. The van der Waals surface area contributed by atoms with E-state index in [4.69, 9.17) is 9.15 Å². The molecule has 1 N–H and O–H groups in total. The lowest BCUT2D eigenvalue weighted by Crippen LogP contribution is -2.53. The molecular formula is C21H27IN4O3. The van der Waals surface area contributed by atoms with Crippen LogP contribution in [0.2, 0.25) is 0 Å². The molecule has 0 spiro atoms. The molecule has 1 aromatic heterocycles. The van der Waals surface area contributed by atoms with Crippen LogP contribution in [0.3, 0.4) is 0 Å². The fourth-order valence-electron chi connectivity index (χ4n) is 3.12.